The van der Waals surface area contributed by atoms with E-state index < -0.39 is 6.67 Å². The zero-order valence-electron chi connectivity index (χ0n) is 10.7. The fourth-order valence-corrected chi connectivity index (χ4v) is 2.15. The van der Waals surface area contributed by atoms with Crippen LogP contribution >= 0.6 is 23.2 Å². The molecule has 0 aliphatic rings. The van der Waals surface area contributed by atoms with E-state index in [4.69, 9.17) is 23.2 Å². The molecular weight excluding hydrogens is 274 g/mol. The normalized spacial score (nSPS) is 10.1. The summed E-state index contributed by atoms with van der Waals surface area (Å²) in [7, 11) is 0. The van der Waals surface area contributed by atoms with Gasteiger partial charge in [-0.05, 0) is 18.6 Å². The molecule has 0 bridgehead atoms. The van der Waals surface area contributed by atoms with E-state index in [0.29, 0.717) is 10.0 Å². The third kappa shape index (κ3) is 2.90. The first-order valence-corrected chi connectivity index (χ1v) is 6.66. The van der Waals surface area contributed by atoms with Gasteiger partial charge >= 0.3 is 0 Å². The number of hydrogen-bond acceptors (Lipinski definition) is 1. The van der Waals surface area contributed by atoms with Crippen LogP contribution in [0.1, 0.15) is 19.4 Å². The number of nitrogens with one attached hydrogen (secondary N) is 2. The lowest BCUT2D eigenvalue weighted by atomic mass is 10.1. The molecule has 100 valence electrons. The first kappa shape index (κ1) is 15.1. The molecule has 0 atom stereocenters. The van der Waals surface area contributed by atoms with Crippen molar-refractivity contribution >= 4 is 39.8 Å². The second-order valence-electron chi connectivity index (χ2n) is 3.56. The molecule has 0 fully saturated rings. The summed E-state index contributed by atoms with van der Waals surface area (Å²) in [6, 6.07) is 1.72. The molecule has 0 amide bonds. The number of aromatic nitrogens is 1. The number of anilines is 1. The number of H-pyrrole nitrogens is 1. The third-order valence-corrected chi connectivity index (χ3v) is 3.24. The summed E-state index contributed by atoms with van der Waals surface area (Å²) in [6.45, 7) is 5.80. The monoisotopic (exact) mass is 290 g/mol. The molecule has 0 aliphatic carbocycles. The van der Waals surface area contributed by atoms with Crippen LogP contribution in [0.4, 0.5) is 10.1 Å². The molecule has 5 heteroatoms. The molecular formula is C13H17Cl2FN2. The van der Waals surface area contributed by atoms with Gasteiger partial charge in [0.1, 0.15) is 6.67 Å². The van der Waals surface area contributed by atoms with E-state index in [0.717, 1.165) is 22.2 Å². The minimum absolute atomic E-state index is 0.262. The van der Waals surface area contributed by atoms with Gasteiger partial charge in [-0.2, -0.15) is 0 Å². The molecule has 1 aromatic carbocycles. The van der Waals surface area contributed by atoms with Gasteiger partial charge in [-0.15, -0.1) is 0 Å². The summed E-state index contributed by atoms with van der Waals surface area (Å²) in [5.74, 6) is 0. The van der Waals surface area contributed by atoms with Gasteiger partial charge in [0.25, 0.3) is 0 Å². The summed E-state index contributed by atoms with van der Waals surface area (Å²) < 4.78 is 12.2. The number of aromatic amines is 1. The quantitative estimate of drug-likeness (QED) is 0.800. The van der Waals surface area contributed by atoms with Gasteiger partial charge in [-0.3, -0.25) is 0 Å². The number of halogens is 3. The first-order valence-electron chi connectivity index (χ1n) is 5.90. The average Bonchev–Trinajstić information content (AvgIpc) is 2.77. The number of rotatable bonds is 3. The zero-order chi connectivity index (χ0) is 13.7. The molecule has 0 saturated heterocycles. The number of benzene rings is 1. The Morgan fingerprint density at radius 2 is 2.00 bits per heavy atom. The Labute approximate surface area is 116 Å². The molecule has 18 heavy (non-hydrogen) atoms. The summed E-state index contributed by atoms with van der Waals surface area (Å²) in [5.41, 5.74) is 2.64. The van der Waals surface area contributed by atoms with Gasteiger partial charge < -0.3 is 10.3 Å². The summed E-state index contributed by atoms with van der Waals surface area (Å²) in [4.78, 5) is 3.06. The van der Waals surface area contributed by atoms with Crippen molar-refractivity contribution < 1.29 is 4.39 Å². The highest BCUT2D eigenvalue weighted by atomic mass is 35.5. The number of hydrogen-bond donors (Lipinski definition) is 2. The lowest BCUT2D eigenvalue weighted by Crippen LogP contribution is -2.03. The van der Waals surface area contributed by atoms with Gasteiger partial charge in [0, 0.05) is 23.8 Å². The lowest BCUT2D eigenvalue weighted by Gasteiger charge is -2.09. The molecule has 0 radical (unpaired) electrons. The van der Waals surface area contributed by atoms with Gasteiger partial charge in [0.05, 0.1) is 15.6 Å². The predicted molar refractivity (Wildman–Crippen MR) is 78.9 cm³/mol. The van der Waals surface area contributed by atoms with E-state index >= 15 is 0 Å². The van der Waals surface area contributed by atoms with Crippen molar-refractivity contribution in [3.05, 3.63) is 27.9 Å². The van der Waals surface area contributed by atoms with E-state index in [1.54, 1.807) is 6.07 Å². The number of alkyl halides is 1. The van der Waals surface area contributed by atoms with Gasteiger partial charge in [0.15, 0.2) is 0 Å². The van der Waals surface area contributed by atoms with E-state index in [1.165, 1.54) is 0 Å². The van der Waals surface area contributed by atoms with Crippen LogP contribution in [0.15, 0.2) is 12.3 Å². The SMILES string of the molecule is CC.Cc1c[nH]c2c(Cl)c(Cl)cc(NCCF)c12. The molecule has 0 unspecified atom stereocenters. The molecule has 1 heterocycles. The van der Waals surface area contributed by atoms with Crippen molar-refractivity contribution in [3.8, 4) is 0 Å². The highest BCUT2D eigenvalue weighted by molar-refractivity contribution is 6.45. The van der Waals surface area contributed by atoms with Crippen LogP contribution in [0.25, 0.3) is 10.9 Å². The Morgan fingerprint density at radius 3 is 2.61 bits per heavy atom. The highest BCUT2D eigenvalue weighted by Gasteiger charge is 2.12. The average molecular weight is 291 g/mol. The van der Waals surface area contributed by atoms with Crippen LogP contribution in [0, 0.1) is 6.92 Å². The summed E-state index contributed by atoms with van der Waals surface area (Å²) in [6.07, 6.45) is 1.85. The van der Waals surface area contributed by atoms with Crippen LogP contribution in [0.5, 0.6) is 0 Å². The molecule has 2 nitrogen and oxygen atoms in total. The van der Waals surface area contributed by atoms with E-state index in [1.807, 2.05) is 27.0 Å². The van der Waals surface area contributed by atoms with Crippen LogP contribution in [-0.2, 0) is 0 Å². The van der Waals surface area contributed by atoms with Crippen LogP contribution in [0.2, 0.25) is 10.0 Å². The van der Waals surface area contributed by atoms with Crippen molar-refractivity contribution in [1.29, 1.82) is 0 Å². The maximum absolute atomic E-state index is 12.2. The molecule has 0 aliphatic heterocycles. The van der Waals surface area contributed by atoms with Crippen molar-refractivity contribution in [3.63, 3.8) is 0 Å². The minimum atomic E-state index is -0.425. The fraction of sp³-hybridized carbons (Fsp3) is 0.385. The molecule has 2 rings (SSSR count). The lowest BCUT2D eigenvalue weighted by molar-refractivity contribution is 0.513. The van der Waals surface area contributed by atoms with E-state index in [9.17, 15) is 4.39 Å². The molecule has 0 saturated carbocycles. The Bertz CT molecular complexity index is 523. The summed E-state index contributed by atoms with van der Waals surface area (Å²) >= 11 is 12.1. The van der Waals surface area contributed by atoms with Gasteiger partial charge in [0.2, 0.25) is 0 Å². The molecule has 0 spiro atoms. The molecule has 2 N–H and O–H groups in total. The van der Waals surface area contributed by atoms with Crippen molar-refractivity contribution in [2.24, 2.45) is 0 Å². The van der Waals surface area contributed by atoms with Crippen molar-refractivity contribution in [2.45, 2.75) is 20.8 Å². The fourth-order valence-electron chi connectivity index (χ4n) is 1.75. The van der Waals surface area contributed by atoms with Gasteiger partial charge in [-0.25, -0.2) is 4.39 Å². The Balaban J connectivity index is 0.000000771. The maximum atomic E-state index is 12.2. The van der Waals surface area contributed by atoms with Crippen LogP contribution < -0.4 is 5.32 Å². The van der Waals surface area contributed by atoms with E-state index in [-0.39, 0.29) is 6.54 Å². The Morgan fingerprint density at radius 1 is 1.33 bits per heavy atom. The van der Waals surface area contributed by atoms with E-state index in [2.05, 4.69) is 10.3 Å². The van der Waals surface area contributed by atoms with Crippen molar-refractivity contribution in [1.82, 2.24) is 4.98 Å². The maximum Gasteiger partial charge on any atom is 0.107 e. The number of fused-ring (bicyclic) bond motifs is 1. The smallest absolute Gasteiger partial charge is 0.107 e. The Kier molecular flexibility index (Phi) is 5.76. The standard InChI is InChI=1S/C11H11Cl2FN2.C2H6/c1-6-5-16-11-9(6)8(15-3-2-14)4-7(12)10(11)13;1-2/h4-5,15-16H,2-3H2,1H3;1-2H3. The van der Waals surface area contributed by atoms with Crippen LogP contribution in [-0.4, -0.2) is 18.2 Å². The zero-order valence-corrected chi connectivity index (χ0v) is 12.2. The number of aryl methyl sites for hydroxylation is 1. The second kappa shape index (κ2) is 6.86. The Hall–Kier alpha value is -0.930. The minimum Gasteiger partial charge on any atom is -0.382 e. The third-order valence-electron chi connectivity index (χ3n) is 2.46. The molecule has 1 aromatic heterocycles. The van der Waals surface area contributed by atoms with Gasteiger partial charge in [-0.1, -0.05) is 37.0 Å². The van der Waals surface area contributed by atoms with Crippen molar-refractivity contribution in [2.75, 3.05) is 18.5 Å². The first-order chi connectivity index (χ1) is 8.65. The topological polar surface area (TPSA) is 27.8 Å². The molecule has 2 aromatic rings. The highest BCUT2D eigenvalue weighted by Crippen LogP contribution is 2.37. The summed E-state index contributed by atoms with van der Waals surface area (Å²) in [5, 5.41) is 4.91. The largest absolute Gasteiger partial charge is 0.382 e. The second-order valence-corrected chi connectivity index (χ2v) is 4.34. The predicted octanol–water partition coefficient (Wildman–Crippen LogP) is 5.19. The van der Waals surface area contributed by atoms with Crippen LogP contribution in [0.3, 0.4) is 0 Å².